The molecule has 0 aliphatic rings. The Bertz CT molecular complexity index is 919. The smallest absolute Gasteiger partial charge is 0.339 e. The van der Waals surface area contributed by atoms with Crippen LogP contribution in [-0.2, 0) is 6.61 Å². The summed E-state index contributed by atoms with van der Waals surface area (Å²) >= 11 is 5.37. The highest BCUT2D eigenvalue weighted by atomic mass is 35.5. The van der Waals surface area contributed by atoms with E-state index in [9.17, 15) is 14.9 Å². The van der Waals surface area contributed by atoms with E-state index in [1.165, 1.54) is 24.4 Å². The number of hydrogen-bond donors (Lipinski definition) is 1. The van der Waals surface area contributed by atoms with Gasteiger partial charge in [-0.05, 0) is 23.8 Å². The van der Waals surface area contributed by atoms with E-state index in [-0.39, 0.29) is 23.8 Å². The van der Waals surface area contributed by atoms with Crippen molar-refractivity contribution >= 4 is 23.3 Å². The largest absolute Gasteiger partial charge is 0.488 e. The number of pyridine rings is 1. The molecule has 1 aromatic heterocycles. The van der Waals surface area contributed by atoms with Crippen molar-refractivity contribution in [2.75, 3.05) is 0 Å². The van der Waals surface area contributed by atoms with Crippen LogP contribution in [0.1, 0.15) is 23.3 Å². The predicted molar refractivity (Wildman–Crippen MR) is 107 cm³/mol. The quantitative estimate of drug-likeness (QED) is 0.355. The van der Waals surface area contributed by atoms with Crippen LogP contribution < -0.4 is 4.74 Å². The maximum absolute atomic E-state index is 11.0. The summed E-state index contributed by atoms with van der Waals surface area (Å²) < 4.78 is 5.50. The number of rotatable bonds is 5. The summed E-state index contributed by atoms with van der Waals surface area (Å²) in [6.45, 7) is 0.366. The molecule has 0 aliphatic carbocycles. The highest BCUT2D eigenvalue weighted by Gasteiger charge is 2.10. The molecule has 0 saturated heterocycles. The molecular weight excluding hydrogens is 384 g/mol. The molecular formula is C20H19ClN2O5. The summed E-state index contributed by atoms with van der Waals surface area (Å²) in [5.41, 5.74) is 1.03. The first-order valence-electron chi connectivity index (χ1n) is 7.73. The molecule has 0 radical (unpaired) electrons. The average molecular weight is 403 g/mol. The third-order valence-corrected chi connectivity index (χ3v) is 3.58. The van der Waals surface area contributed by atoms with Gasteiger partial charge in [0, 0.05) is 12.3 Å². The Morgan fingerprint density at radius 2 is 1.71 bits per heavy atom. The van der Waals surface area contributed by atoms with Gasteiger partial charge in [0.2, 0.25) is 5.15 Å². The van der Waals surface area contributed by atoms with E-state index >= 15 is 0 Å². The SMILES string of the molecule is C.O=C(O)c1ccccc1OCc1ccccc1.O=[N+]([O-])c1cccnc1Cl. The maximum Gasteiger partial charge on any atom is 0.339 e. The first-order valence-corrected chi connectivity index (χ1v) is 8.10. The molecule has 1 N–H and O–H groups in total. The number of halogens is 1. The monoisotopic (exact) mass is 402 g/mol. The van der Waals surface area contributed by atoms with Crippen LogP contribution in [0.5, 0.6) is 5.75 Å². The Balaban J connectivity index is 0.000000307. The lowest BCUT2D eigenvalue weighted by atomic mass is 10.2. The molecule has 0 unspecified atom stereocenters. The molecule has 28 heavy (non-hydrogen) atoms. The molecule has 7 nitrogen and oxygen atoms in total. The number of carboxylic acid groups (broad SMARTS) is 1. The zero-order chi connectivity index (χ0) is 19.6. The zero-order valence-electron chi connectivity index (χ0n) is 14.0. The molecule has 0 fully saturated rings. The highest BCUT2D eigenvalue weighted by Crippen LogP contribution is 2.20. The summed E-state index contributed by atoms with van der Waals surface area (Å²) in [5.74, 6) is -0.586. The number of nitro groups is 1. The minimum absolute atomic E-state index is 0. The molecule has 0 atom stereocenters. The second-order valence-corrected chi connectivity index (χ2v) is 5.50. The lowest BCUT2D eigenvalue weighted by Crippen LogP contribution is -2.02. The van der Waals surface area contributed by atoms with Crippen LogP contribution in [0.4, 0.5) is 5.69 Å². The first-order chi connectivity index (χ1) is 13.0. The molecule has 0 amide bonds. The zero-order valence-corrected chi connectivity index (χ0v) is 14.7. The van der Waals surface area contributed by atoms with Crippen LogP contribution in [0.2, 0.25) is 5.15 Å². The van der Waals surface area contributed by atoms with E-state index in [1.807, 2.05) is 30.3 Å². The third kappa shape index (κ3) is 6.69. The number of ether oxygens (including phenoxy) is 1. The van der Waals surface area contributed by atoms with Crippen molar-refractivity contribution < 1.29 is 19.6 Å². The molecule has 8 heteroatoms. The number of hydrogen-bond acceptors (Lipinski definition) is 5. The third-order valence-electron chi connectivity index (χ3n) is 3.29. The predicted octanol–water partition coefficient (Wildman–Crippen LogP) is 5.24. The van der Waals surface area contributed by atoms with Crippen LogP contribution >= 0.6 is 11.6 Å². The van der Waals surface area contributed by atoms with Gasteiger partial charge in [0.15, 0.2) is 0 Å². The van der Waals surface area contributed by atoms with Crippen molar-refractivity contribution in [2.45, 2.75) is 14.0 Å². The fourth-order valence-electron chi connectivity index (χ4n) is 2.02. The normalized spacial score (nSPS) is 9.32. The maximum atomic E-state index is 11.0. The number of nitrogens with zero attached hydrogens (tertiary/aromatic N) is 2. The van der Waals surface area contributed by atoms with Gasteiger partial charge < -0.3 is 9.84 Å². The van der Waals surface area contributed by atoms with Crippen molar-refractivity contribution in [1.82, 2.24) is 4.98 Å². The number of carbonyl (C=O) groups is 1. The topological polar surface area (TPSA) is 103 Å². The molecule has 146 valence electrons. The molecule has 0 aliphatic heterocycles. The number of para-hydroxylation sites is 1. The van der Waals surface area contributed by atoms with Crippen molar-refractivity contribution in [1.29, 1.82) is 0 Å². The van der Waals surface area contributed by atoms with Crippen molar-refractivity contribution in [2.24, 2.45) is 0 Å². The lowest BCUT2D eigenvalue weighted by molar-refractivity contribution is -0.385. The van der Waals surface area contributed by atoms with Gasteiger partial charge in [-0.3, -0.25) is 10.1 Å². The minimum Gasteiger partial charge on any atom is -0.488 e. The van der Waals surface area contributed by atoms with Gasteiger partial charge in [-0.15, -0.1) is 0 Å². The molecule has 3 rings (SSSR count). The fourth-order valence-corrected chi connectivity index (χ4v) is 2.21. The van der Waals surface area contributed by atoms with Gasteiger partial charge in [-0.1, -0.05) is 61.5 Å². The molecule has 2 aromatic carbocycles. The second kappa shape index (κ2) is 11.3. The van der Waals surface area contributed by atoms with Crippen molar-refractivity contribution in [3.05, 3.63) is 99.3 Å². The fraction of sp³-hybridized carbons (Fsp3) is 0.100. The van der Waals surface area contributed by atoms with Crippen molar-refractivity contribution in [3.8, 4) is 5.75 Å². The van der Waals surface area contributed by atoms with Crippen LogP contribution in [0, 0.1) is 10.1 Å². The van der Waals surface area contributed by atoms with E-state index in [0.717, 1.165) is 5.56 Å². The minimum atomic E-state index is -0.978. The molecule has 0 saturated carbocycles. The van der Waals surface area contributed by atoms with E-state index in [4.69, 9.17) is 21.4 Å². The van der Waals surface area contributed by atoms with Gasteiger partial charge in [0.1, 0.15) is 17.9 Å². The number of benzene rings is 2. The first kappa shape index (κ1) is 22.6. The van der Waals surface area contributed by atoms with Gasteiger partial charge >= 0.3 is 11.7 Å². The van der Waals surface area contributed by atoms with Gasteiger partial charge in [0.05, 0.1) is 4.92 Å². The summed E-state index contributed by atoms with van der Waals surface area (Å²) in [5, 5.41) is 19.0. The van der Waals surface area contributed by atoms with Crippen molar-refractivity contribution in [3.63, 3.8) is 0 Å². The van der Waals surface area contributed by atoms with E-state index in [0.29, 0.717) is 12.4 Å². The average Bonchev–Trinajstić information content (AvgIpc) is 2.68. The standard InChI is InChI=1S/C14H12O3.C5H3ClN2O2.CH4/c15-14(16)12-8-4-5-9-13(12)17-10-11-6-2-1-3-7-11;6-5-4(8(9)10)2-1-3-7-5;/h1-9H,10H2,(H,15,16);1-3H;1H4. The van der Waals surface area contributed by atoms with Crippen LogP contribution in [0.15, 0.2) is 72.9 Å². The van der Waals surface area contributed by atoms with Crippen LogP contribution in [-0.4, -0.2) is 21.0 Å². The van der Waals surface area contributed by atoms with Gasteiger partial charge in [-0.2, -0.15) is 0 Å². The molecule has 3 aromatic rings. The highest BCUT2D eigenvalue weighted by molar-refractivity contribution is 6.31. The molecule has 0 spiro atoms. The van der Waals surface area contributed by atoms with E-state index in [2.05, 4.69) is 4.98 Å². The Labute approximate surface area is 167 Å². The Morgan fingerprint density at radius 3 is 2.29 bits per heavy atom. The van der Waals surface area contributed by atoms with Crippen LogP contribution in [0.25, 0.3) is 0 Å². The molecule has 1 heterocycles. The molecule has 0 bridgehead atoms. The Morgan fingerprint density at radius 1 is 1.07 bits per heavy atom. The van der Waals surface area contributed by atoms with E-state index < -0.39 is 10.9 Å². The number of aromatic nitrogens is 1. The van der Waals surface area contributed by atoms with Gasteiger partial charge in [-0.25, -0.2) is 9.78 Å². The van der Waals surface area contributed by atoms with Crippen LogP contribution in [0.3, 0.4) is 0 Å². The number of aromatic carboxylic acids is 1. The Kier molecular flexibility index (Phi) is 9.12. The van der Waals surface area contributed by atoms with E-state index in [1.54, 1.807) is 18.2 Å². The number of carboxylic acids is 1. The second-order valence-electron chi connectivity index (χ2n) is 5.15. The summed E-state index contributed by atoms with van der Waals surface area (Å²) in [4.78, 5) is 24.0. The summed E-state index contributed by atoms with van der Waals surface area (Å²) in [7, 11) is 0. The summed E-state index contributed by atoms with van der Waals surface area (Å²) in [6.07, 6.45) is 1.40. The summed E-state index contributed by atoms with van der Waals surface area (Å²) in [6, 6.07) is 19.0. The van der Waals surface area contributed by atoms with Gasteiger partial charge in [0.25, 0.3) is 0 Å². The lowest BCUT2D eigenvalue weighted by Gasteiger charge is -2.08. The Hall–Kier alpha value is -3.45.